The molecule has 8 nitrogen and oxygen atoms in total. The monoisotopic (exact) mass is 260 g/mol. The lowest BCUT2D eigenvalue weighted by Crippen LogP contribution is -2.43. The van der Waals surface area contributed by atoms with Crippen LogP contribution in [0, 0.1) is 0 Å². The fourth-order valence-corrected chi connectivity index (χ4v) is 1.29. The molecule has 0 saturated heterocycles. The summed E-state index contributed by atoms with van der Waals surface area (Å²) in [4.78, 5) is 33.1. The highest BCUT2D eigenvalue weighted by Crippen LogP contribution is 2.24. The van der Waals surface area contributed by atoms with E-state index >= 15 is 0 Å². The van der Waals surface area contributed by atoms with E-state index in [9.17, 15) is 19.5 Å². The van der Waals surface area contributed by atoms with Gasteiger partial charge in [0, 0.05) is 13.8 Å². The Kier molecular flexibility index (Phi) is 4.40. The van der Waals surface area contributed by atoms with Crippen molar-refractivity contribution in [1.82, 2.24) is 0 Å². The van der Waals surface area contributed by atoms with Gasteiger partial charge in [-0.2, -0.15) is 0 Å². The van der Waals surface area contributed by atoms with Crippen LogP contribution in [0.1, 0.15) is 13.8 Å². The van der Waals surface area contributed by atoms with Crippen LogP contribution in [0.4, 0.5) is 0 Å². The molecule has 8 heteroatoms. The topological polar surface area (TPSA) is 119 Å². The summed E-state index contributed by atoms with van der Waals surface area (Å²) in [6.45, 7) is 1.39. The quantitative estimate of drug-likeness (QED) is 0.470. The molecule has 0 radical (unpaired) electrons. The summed E-state index contributed by atoms with van der Waals surface area (Å²) >= 11 is 0. The van der Waals surface area contributed by atoms with E-state index in [1.54, 1.807) is 0 Å². The van der Waals surface area contributed by atoms with Crippen LogP contribution in [0.2, 0.25) is 0 Å². The number of hydrogen-bond acceptors (Lipinski definition) is 8. The van der Waals surface area contributed by atoms with Crippen molar-refractivity contribution in [1.29, 1.82) is 0 Å². The molecule has 1 aliphatic rings. The van der Waals surface area contributed by atoms with Gasteiger partial charge in [0.1, 0.15) is 0 Å². The maximum absolute atomic E-state index is 11.5. The van der Waals surface area contributed by atoms with Crippen molar-refractivity contribution in [3.8, 4) is 0 Å². The maximum Gasteiger partial charge on any atom is 0.378 e. The minimum atomic E-state index is -1.59. The number of carbonyl (C=O) groups excluding carboxylic acids is 3. The van der Waals surface area contributed by atoms with Crippen LogP contribution >= 0.6 is 0 Å². The second kappa shape index (κ2) is 5.61. The van der Waals surface area contributed by atoms with Crippen molar-refractivity contribution < 1.29 is 38.8 Å². The molecule has 0 amide bonds. The zero-order chi connectivity index (χ0) is 13.9. The minimum Gasteiger partial charge on any atom is -0.451 e. The molecule has 0 aromatic carbocycles. The molecule has 0 aliphatic carbocycles. The van der Waals surface area contributed by atoms with Crippen LogP contribution < -0.4 is 0 Å². The Bertz CT molecular complexity index is 410. The maximum atomic E-state index is 11.5. The van der Waals surface area contributed by atoms with Gasteiger partial charge >= 0.3 is 17.9 Å². The molecule has 0 bridgehead atoms. The van der Waals surface area contributed by atoms with E-state index in [1.165, 1.54) is 0 Å². The average molecular weight is 260 g/mol. The fraction of sp³-hybridized carbons (Fsp3) is 0.500. The van der Waals surface area contributed by atoms with Gasteiger partial charge in [-0.15, -0.1) is 0 Å². The molecule has 0 aromatic rings. The van der Waals surface area contributed by atoms with Crippen molar-refractivity contribution in [2.24, 2.45) is 0 Å². The summed E-state index contributed by atoms with van der Waals surface area (Å²) in [5.74, 6) is -4.02. The van der Waals surface area contributed by atoms with Crippen LogP contribution in [-0.4, -0.2) is 46.9 Å². The van der Waals surface area contributed by atoms with Gasteiger partial charge in [0.15, 0.2) is 18.0 Å². The highest BCUT2D eigenvalue weighted by Gasteiger charge is 2.40. The van der Waals surface area contributed by atoms with Gasteiger partial charge in [-0.05, 0) is 0 Å². The van der Waals surface area contributed by atoms with E-state index in [1.807, 2.05) is 0 Å². The van der Waals surface area contributed by atoms with E-state index in [0.29, 0.717) is 0 Å². The first-order valence-corrected chi connectivity index (χ1v) is 4.97. The molecule has 1 rings (SSSR count). The van der Waals surface area contributed by atoms with Crippen molar-refractivity contribution in [2.75, 3.05) is 6.61 Å². The third kappa shape index (κ3) is 3.05. The number of aliphatic hydroxyl groups is 2. The van der Waals surface area contributed by atoms with Crippen LogP contribution in [0.15, 0.2) is 11.5 Å². The predicted octanol–water partition coefficient (Wildman–Crippen LogP) is -1.40. The lowest BCUT2D eigenvalue weighted by molar-refractivity contribution is -0.169. The molecule has 0 fully saturated rings. The third-order valence-electron chi connectivity index (χ3n) is 1.97. The molecule has 100 valence electrons. The molecular formula is C10H12O8. The van der Waals surface area contributed by atoms with Crippen molar-refractivity contribution in [2.45, 2.75) is 26.1 Å². The first kappa shape index (κ1) is 14.1. The lowest BCUT2D eigenvalue weighted by Gasteiger charge is -2.28. The van der Waals surface area contributed by atoms with Gasteiger partial charge in [-0.25, -0.2) is 4.79 Å². The van der Waals surface area contributed by atoms with Crippen molar-refractivity contribution in [3.63, 3.8) is 0 Å². The Labute approximate surface area is 102 Å². The summed E-state index contributed by atoms with van der Waals surface area (Å²) in [6.07, 6.45) is -2.88. The van der Waals surface area contributed by atoms with Gasteiger partial charge in [0.2, 0.25) is 0 Å². The van der Waals surface area contributed by atoms with Gasteiger partial charge in [0.05, 0.1) is 6.61 Å². The van der Waals surface area contributed by atoms with Gasteiger partial charge < -0.3 is 24.4 Å². The first-order chi connectivity index (χ1) is 8.36. The summed E-state index contributed by atoms with van der Waals surface area (Å²) in [5, 5.41) is 18.6. The van der Waals surface area contributed by atoms with E-state index in [0.717, 1.165) is 13.8 Å². The summed E-state index contributed by atoms with van der Waals surface area (Å²) in [7, 11) is 0. The second-order valence-corrected chi connectivity index (χ2v) is 3.45. The number of rotatable bonds is 3. The molecule has 18 heavy (non-hydrogen) atoms. The molecule has 0 unspecified atom stereocenters. The Hall–Kier alpha value is -1.93. The highest BCUT2D eigenvalue weighted by molar-refractivity contribution is 5.91. The number of ether oxygens (including phenoxy) is 3. The number of esters is 3. The molecule has 2 atom stereocenters. The molecule has 0 spiro atoms. The summed E-state index contributed by atoms with van der Waals surface area (Å²) < 4.78 is 13.8. The molecule has 0 aromatic heterocycles. The molecule has 1 aliphatic heterocycles. The molecule has 2 N–H and O–H groups in total. The summed E-state index contributed by atoms with van der Waals surface area (Å²) in [6, 6.07) is 0. The van der Waals surface area contributed by atoms with Gasteiger partial charge in [-0.1, -0.05) is 0 Å². The third-order valence-corrected chi connectivity index (χ3v) is 1.97. The SMILES string of the molecule is CC(=O)OC1=C(OC(C)=O)[C@H](O)[C@@H](CO)OC1=O. The van der Waals surface area contributed by atoms with Gasteiger partial charge in [0.25, 0.3) is 5.76 Å². The van der Waals surface area contributed by atoms with Crippen LogP contribution in [0.25, 0.3) is 0 Å². The lowest BCUT2D eigenvalue weighted by atomic mass is 10.1. The average Bonchev–Trinajstić information content (AvgIpc) is 2.27. The Morgan fingerprint density at radius 3 is 2.28 bits per heavy atom. The molecular weight excluding hydrogens is 248 g/mol. The van der Waals surface area contributed by atoms with E-state index < -0.39 is 48.2 Å². The zero-order valence-corrected chi connectivity index (χ0v) is 9.71. The van der Waals surface area contributed by atoms with E-state index in [-0.39, 0.29) is 0 Å². The Morgan fingerprint density at radius 2 is 1.83 bits per heavy atom. The molecule has 0 saturated carbocycles. The smallest absolute Gasteiger partial charge is 0.378 e. The van der Waals surface area contributed by atoms with Crippen LogP contribution in [-0.2, 0) is 28.6 Å². The van der Waals surface area contributed by atoms with E-state index in [4.69, 9.17) is 5.11 Å². The van der Waals surface area contributed by atoms with Crippen LogP contribution in [0.3, 0.4) is 0 Å². The number of cyclic esters (lactones) is 1. The Balaban J connectivity index is 3.16. The predicted molar refractivity (Wildman–Crippen MR) is 53.5 cm³/mol. The zero-order valence-electron chi connectivity index (χ0n) is 9.71. The summed E-state index contributed by atoms with van der Waals surface area (Å²) in [5.41, 5.74) is 0. The molecule has 1 heterocycles. The number of aliphatic hydroxyl groups excluding tert-OH is 2. The van der Waals surface area contributed by atoms with Crippen molar-refractivity contribution >= 4 is 17.9 Å². The fourth-order valence-electron chi connectivity index (χ4n) is 1.29. The van der Waals surface area contributed by atoms with Gasteiger partial charge in [-0.3, -0.25) is 9.59 Å². The second-order valence-electron chi connectivity index (χ2n) is 3.45. The van der Waals surface area contributed by atoms with Crippen molar-refractivity contribution in [3.05, 3.63) is 11.5 Å². The normalized spacial score (nSPS) is 23.4. The Morgan fingerprint density at radius 1 is 1.28 bits per heavy atom. The number of carbonyl (C=O) groups is 3. The van der Waals surface area contributed by atoms with E-state index in [2.05, 4.69) is 14.2 Å². The van der Waals surface area contributed by atoms with Crippen LogP contribution in [0.5, 0.6) is 0 Å². The highest BCUT2D eigenvalue weighted by atomic mass is 16.6. The standard InChI is InChI=1S/C10H12O8/c1-4(12)16-8-7(14)6(3-11)18-10(15)9(8)17-5(2)13/h6-7,11,14H,3H2,1-2H3/t6-,7-/m1/s1. The minimum absolute atomic E-state index is 0.548. The largest absolute Gasteiger partial charge is 0.451 e. The number of hydrogen-bond donors (Lipinski definition) is 2. The first-order valence-electron chi connectivity index (χ1n) is 4.97.